The lowest BCUT2D eigenvalue weighted by Gasteiger charge is -2.00. The summed E-state index contributed by atoms with van der Waals surface area (Å²) in [6.45, 7) is 0. The van der Waals surface area contributed by atoms with Gasteiger partial charge >= 0.3 is 0 Å². The third-order valence-corrected chi connectivity index (χ3v) is 3.06. The first kappa shape index (κ1) is 4.94. The highest BCUT2D eigenvalue weighted by Crippen LogP contribution is 2.35. The molecule has 0 unspecified atom stereocenters. The fourth-order valence-corrected chi connectivity index (χ4v) is 2.14. The number of benzene rings is 3. The van der Waals surface area contributed by atoms with E-state index in [1.54, 1.807) is 0 Å². The minimum absolute atomic E-state index is 0.0534. The summed E-state index contributed by atoms with van der Waals surface area (Å²) in [6, 6.07) is -6.29. The van der Waals surface area contributed by atoms with Crippen molar-refractivity contribution in [2.24, 2.45) is 0 Å². The molecule has 3 aromatic carbocycles. The second kappa shape index (κ2) is 4.39. The van der Waals surface area contributed by atoms with E-state index in [0.717, 1.165) is 0 Å². The lowest BCUT2D eigenvalue weighted by molar-refractivity contribution is 0.669. The standard InChI is InChI=1S/C18H11ClO/c19-15-7-4-8-16-18(15)14-10-9-13(11-17(14)20-16)12-5-2-1-3-6-12/h1-11H/i1D,2D,3D,4D,5D,6D,7D,8D,9D,10D,11D. The van der Waals surface area contributed by atoms with E-state index in [4.69, 9.17) is 31.1 Å². The van der Waals surface area contributed by atoms with Gasteiger partial charge in [-0.1, -0.05) is 53.9 Å². The molecule has 0 fully saturated rings. The topological polar surface area (TPSA) is 13.1 Å². The molecule has 0 N–H and O–H groups in total. The first-order valence-electron chi connectivity index (χ1n) is 11.1. The van der Waals surface area contributed by atoms with Crippen molar-refractivity contribution in [3.63, 3.8) is 0 Å². The van der Waals surface area contributed by atoms with Gasteiger partial charge in [-0.15, -0.1) is 0 Å². The molecule has 0 spiro atoms. The fourth-order valence-electron chi connectivity index (χ4n) is 1.91. The number of hydrogen-bond acceptors (Lipinski definition) is 1. The van der Waals surface area contributed by atoms with Crippen LogP contribution in [-0.4, -0.2) is 0 Å². The van der Waals surface area contributed by atoms with Crippen LogP contribution in [0.1, 0.15) is 15.1 Å². The molecule has 0 amide bonds. The maximum absolute atomic E-state index is 8.55. The van der Waals surface area contributed by atoms with Gasteiger partial charge in [-0.3, -0.25) is 0 Å². The van der Waals surface area contributed by atoms with E-state index in [0.29, 0.717) is 0 Å². The summed E-state index contributed by atoms with van der Waals surface area (Å²) < 4.78 is 94.5. The van der Waals surface area contributed by atoms with Crippen LogP contribution in [-0.2, 0) is 0 Å². The van der Waals surface area contributed by atoms with E-state index in [-0.39, 0.29) is 27.0 Å². The number of rotatable bonds is 1. The van der Waals surface area contributed by atoms with E-state index in [9.17, 15) is 0 Å². The van der Waals surface area contributed by atoms with E-state index in [1.165, 1.54) is 0 Å². The van der Waals surface area contributed by atoms with Gasteiger partial charge in [0.15, 0.2) is 0 Å². The molecule has 20 heavy (non-hydrogen) atoms. The molecule has 4 aromatic rings. The molecule has 0 aliphatic rings. The Labute approximate surface area is 136 Å². The van der Waals surface area contributed by atoms with E-state index in [2.05, 4.69) is 0 Å². The van der Waals surface area contributed by atoms with E-state index >= 15 is 0 Å². The quantitative estimate of drug-likeness (QED) is 0.425. The average molecular weight is 290 g/mol. The number of halogens is 1. The maximum Gasteiger partial charge on any atom is 0.136 e. The highest BCUT2D eigenvalue weighted by Gasteiger charge is 2.10. The average Bonchev–Trinajstić information content (AvgIpc) is 3.15. The smallest absolute Gasteiger partial charge is 0.136 e. The van der Waals surface area contributed by atoms with Crippen LogP contribution in [0, 0.1) is 0 Å². The van der Waals surface area contributed by atoms with Crippen LogP contribution >= 0.6 is 11.6 Å². The van der Waals surface area contributed by atoms with Crippen molar-refractivity contribution in [1.82, 2.24) is 0 Å². The molecule has 0 atom stereocenters. The summed E-state index contributed by atoms with van der Waals surface area (Å²) in [5, 5.41) is -0.437. The van der Waals surface area contributed by atoms with Gasteiger partial charge in [-0.25, -0.2) is 0 Å². The Morgan fingerprint density at radius 2 is 1.65 bits per heavy atom. The Hall–Kier alpha value is -2.25. The molecule has 0 radical (unpaired) electrons. The molecule has 1 nitrogen and oxygen atoms in total. The minimum atomic E-state index is -0.653. The van der Waals surface area contributed by atoms with E-state index < -0.39 is 77.6 Å². The summed E-state index contributed by atoms with van der Waals surface area (Å²) in [5.41, 5.74) is -1.34. The zero-order chi connectivity index (χ0) is 23.1. The van der Waals surface area contributed by atoms with Crippen LogP contribution in [0.25, 0.3) is 33.1 Å². The summed E-state index contributed by atoms with van der Waals surface area (Å²) in [6.07, 6.45) is 0. The Balaban J connectivity index is 2.27. The molecule has 0 saturated carbocycles. The summed E-state index contributed by atoms with van der Waals surface area (Å²) >= 11 is 6.18. The molecule has 0 bridgehead atoms. The maximum atomic E-state index is 8.55. The van der Waals surface area contributed by atoms with Gasteiger partial charge in [-0.2, -0.15) is 0 Å². The second-order valence-electron chi connectivity index (χ2n) is 3.95. The molecule has 4 rings (SSSR count). The monoisotopic (exact) mass is 289 g/mol. The van der Waals surface area contributed by atoms with Gasteiger partial charge in [0.1, 0.15) is 11.2 Å². The normalized spacial score (nSPS) is 18.9. The first-order chi connectivity index (χ1) is 14.4. The van der Waals surface area contributed by atoms with Gasteiger partial charge in [0.25, 0.3) is 0 Å². The molecule has 1 aromatic heterocycles. The molecule has 0 aliphatic heterocycles. The predicted molar refractivity (Wildman–Crippen MR) is 84.2 cm³/mol. The van der Waals surface area contributed by atoms with Crippen molar-refractivity contribution in [3.05, 3.63) is 71.5 Å². The number of hydrogen-bond donors (Lipinski definition) is 0. The minimum Gasteiger partial charge on any atom is -0.456 e. The van der Waals surface area contributed by atoms with Gasteiger partial charge in [0.05, 0.1) is 20.1 Å². The second-order valence-corrected chi connectivity index (χ2v) is 4.33. The Kier molecular flexibility index (Phi) is 1.09. The summed E-state index contributed by atoms with van der Waals surface area (Å²) in [5.74, 6) is 0. The molecule has 0 aliphatic carbocycles. The van der Waals surface area contributed by atoms with Gasteiger partial charge in [-0.05, 0) is 35.3 Å². The van der Waals surface area contributed by atoms with Crippen LogP contribution in [0.15, 0.2) is 70.9 Å². The van der Waals surface area contributed by atoms with Crippen molar-refractivity contribution < 1.29 is 19.5 Å². The molecule has 96 valence electrons. The van der Waals surface area contributed by atoms with Crippen molar-refractivity contribution in [2.45, 2.75) is 0 Å². The SMILES string of the molecule is [2H]c1c([2H])c([2H])c(-c2c([2H])c([2H])c3c(oc4c([2H])c([2H])c([2H])c(Cl)c43)c2[2H])c([2H])c1[2H]. The third kappa shape index (κ3) is 1.71. The van der Waals surface area contributed by atoms with Crippen molar-refractivity contribution in [1.29, 1.82) is 0 Å². The van der Waals surface area contributed by atoms with Crippen LogP contribution in [0.3, 0.4) is 0 Å². The van der Waals surface area contributed by atoms with Crippen molar-refractivity contribution in [3.8, 4) is 11.1 Å². The Morgan fingerprint density at radius 1 is 0.800 bits per heavy atom. The fraction of sp³-hybridized carbons (Fsp3) is 0. The molecule has 2 heteroatoms. The molecule has 1 heterocycles. The van der Waals surface area contributed by atoms with Crippen LogP contribution in [0.4, 0.5) is 0 Å². The van der Waals surface area contributed by atoms with Crippen LogP contribution in [0.2, 0.25) is 5.02 Å². The van der Waals surface area contributed by atoms with Crippen LogP contribution in [0.5, 0.6) is 0 Å². The Bertz CT molecular complexity index is 1430. The van der Waals surface area contributed by atoms with Crippen molar-refractivity contribution in [2.75, 3.05) is 0 Å². The number of fused-ring (bicyclic) bond motifs is 3. The lowest BCUT2D eigenvalue weighted by Crippen LogP contribution is -1.76. The highest BCUT2D eigenvalue weighted by atomic mass is 35.5. The zero-order valence-electron chi connectivity index (χ0n) is 20.8. The largest absolute Gasteiger partial charge is 0.456 e. The van der Waals surface area contributed by atoms with E-state index in [1.807, 2.05) is 0 Å². The third-order valence-electron chi connectivity index (χ3n) is 2.78. The van der Waals surface area contributed by atoms with Gasteiger partial charge in [0, 0.05) is 10.8 Å². The summed E-state index contributed by atoms with van der Waals surface area (Å²) in [7, 11) is 0. The van der Waals surface area contributed by atoms with Crippen molar-refractivity contribution >= 4 is 33.5 Å². The molecular formula is C18H11ClO. The molecule has 0 saturated heterocycles. The summed E-state index contributed by atoms with van der Waals surface area (Å²) in [4.78, 5) is 0. The predicted octanol–water partition coefficient (Wildman–Crippen LogP) is 5.91. The first-order valence-corrected chi connectivity index (χ1v) is 5.98. The zero-order valence-corrected chi connectivity index (χ0v) is 10.5. The van der Waals surface area contributed by atoms with Gasteiger partial charge in [0.2, 0.25) is 0 Å². The molecular weight excluding hydrogens is 268 g/mol. The number of furan rings is 1. The van der Waals surface area contributed by atoms with Crippen LogP contribution < -0.4 is 0 Å². The highest BCUT2D eigenvalue weighted by molar-refractivity contribution is 6.37. The van der Waals surface area contributed by atoms with Gasteiger partial charge < -0.3 is 4.42 Å². The Morgan fingerprint density at radius 3 is 2.50 bits per heavy atom. The lowest BCUT2D eigenvalue weighted by atomic mass is 10.0.